The molecule has 0 fully saturated rings. The lowest BCUT2D eigenvalue weighted by Gasteiger charge is -2.16. The monoisotopic (exact) mass is 496 g/mol. The highest BCUT2D eigenvalue weighted by molar-refractivity contribution is 5.71. The smallest absolute Gasteiger partial charge is 0.141 e. The Morgan fingerprint density at radius 2 is 1.08 bits per heavy atom. The molecule has 0 radical (unpaired) electrons. The molecule has 3 nitrogen and oxygen atoms in total. The largest absolute Gasteiger partial charge is 0.489 e. The minimum atomic E-state index is -0.950. The Hall–Kier alpha value is -4.78. The Morgan fingerprint density at radius 1 is 0.579 bits per heavy atom. The SMILES string of the molecule is OC(C#Cc1ccccc1)c1ccccc1-c1cc(OCc2ccccc2)cc(OCc2ccccc2)c1. The molecule has 0 heterocycles. The molecule has 0 aliphatic heterocycles. The first-order valence-corrected chi connectivity index (χ1v) is 12.6. The molecule has 0 spiro atoms. The van der Waals surface area contributed by atoms with E-state index in [1.807, 2.05) is 133 Å². The van der Waals surface area contributed by atoms with Crippen LogP contribution < -0.4 is 9.47 Å². The molecule has 1 N–H and O–H groups in total. The molecule has 38 heavy (non-hydrogen) atoms. The van der Waals surface area contributed by atoms with E-state index in [1.165, 1.54) is 0 Å². The van der Waals surface area contributed by atoms with E-state index < -0.39 is 6.10 Å². The Bertz CT molecular complexity index is 1460. The second kappa shape index (κ2) is 12.5. The van der Waals surface area contributed by atoms with Gasteiger partial charge in [0.1, 0.15) is 30.8 Å². The number of rotatable bonds is 8. The van der Waals surface area contributed by atoms with E-state index in [1.54, 1.807) is 0 Å². The van der Waals surface area contributed by atoms with Crippen LogP contribution in [0.4, 0.5) is 0 Å². The van der Waals surface area contributed by atoms with Gasteiger partial charge < -0.3 is 14.6 Å². The molecule has 0 saturated heterocycles. The van der Waals surface area contributed by atoms with Crippen LogP contribution in [0.2, 0.25) is 0 Å². The summed E-state index contributed by atoms with van der Waals surface area (Å²) < 4.78 is 12.4. The molecule has 1 atom stereocenters. The quantitative estimate of drug-likeness (QED) is 0.225. The topological polar surface area (TPSA) is 38.7 Å². The molecular formula is C35H28O3. The predicted octanol–water partition coefficient (Wildman–Crippen LogP) is 7.60. The van der Waals surface area contributed by atoms with Gasteiger partial charge >= 0.3 is 0 Å². The van der Waals surface area contributed by atoms with Gasteiger partial charge in [-0.2, -0.15) is 0 Å². The van der Waals surface area contributed by atoms with Crippen molar-refractivity contribution >= 4 is 0 Å². The highest BCUT2D eigenvalue weighted by Crippen LogP contribution is 2.34. The maximum atomic E-state index is 11.0. The van der Waals surface area contributed by atoms with Gasteiger partial charge in [0.25, 0.3) is 0 Å². The van der Waals surface area contributed by atoms with Crippen LogP contribution in [0.1, 0.15) is 28.4 Å². The van der Waals surface area contributed by atoms with E-state index in [2.05, 4.69) is 11.8 Å². The lowest BCUT2D eigenvalue weighted by molar-refractivity contribution is 0.239. The minimum absolute atomic E-state index is 0.440. The molecule has 0 bridgehead atoms. The van der Waals surface area contributed by atoms with Crippen LogP contribution in [0, 0.1) is 11.8 Å². The standard InChI is InChI=1S/C35H28O3/c36-35(21-20-27-12-4-1-5-13-27)34-19-11-10-18-33(34)30-22-31(37-25-28-14-6-2-7-15-28)24-32(23-30)38-26-29-16-8-3-9-17-29/h1-19,22-24,35-36H,25-26H2. The zero-order valence-corrected chi connectivity index (χ0v) is 21.0. The van der Waals surface area contributed by atoms with Crippen LogP contribution >= 0.6 is 0 Å². The lowest BCUT2D eigenvalue weighted by Crippen LogP contribution is -2.00. The zero-order chi connectivity index (χ0) is 26.0. The van der Waals surface area contributed by atoms with Crippen molar-refractivity contribution in [3.8, 4) is 34.5 Å². The summed E-state index contributed by atoms with van der Waals surface area (Å²) in [6.45, 7) is 0.879. The Balaban J connectivity index is 1.46. The fraction of sp³-hybridized carbons (Fsp3) is 0.0857. The molecule has 0 amide bonds. The number of benzene rings is 5. The lowest BCUT2D eigenvalue weighted by atomic mass is 9.95. The summed E-state index contributed by atoms with van der Waals surface area (Å²) in [6.07, 6.45) is -0.950. The first-order valence-electron chi connectivity index (χ1n) is 12.6. The van der Waals surface area contributed by atoms with E-state index in [4.69, 9.17) is 9.47 Å². The molecule has 5 aromatic rings. The van der Waals surface area contributed by atoms with Gasteiger partial charge in [-0.3, -0.25) is 0 Å². The van der Waals surface area contributed by atoms with Crippen molar-refractivity contribution in [1.29, 1.82) is 0 Å². The van der Waals surface area contributed by atoms with E-state index in [0.717, 1.165) is 33.4 Å². The van der Waals surface area contributed by atoms with Crippen LogP contribution in [-0.4, -0.2) is 5.11 Å². The molecule has 5 rings (SSSR count). The van der Waals surface area contributed by atoms with E-state index in [-0.39, 0.29) is 0 Å². The number of hydrogen-bond donors (Lipinski definition) is 1. The van der Waals surface area contributed by atoms with Gasteiger partial charge in [-0.15, -0.1) is 0 Å². The van der Waals surface area contributed by atoms with E-state index >= 15 is 0 Å². The van der Waals surface area contributed by atoms with Crippen molar-refractivity contribution < 1.29 is 14.6 Å². The molecule has 0 saturated carbocycles. The first kappa shape index (κ1) is 24.9. The average Bonchev–Trinajstić information content (AvgIpc) is 2.99. The molecular weight excluding hydrogens is 468 g/mol. The summed E-state index contributed by atoms with van der Waals surface area (Å²) in [4.78, 5) is 0. The van der Waals surface area contributed by atoms with Gasteiger partial charge in [-0.1, -0.05) is 115 Å². The summed E-state index contributed by atoms with van der Waals surface area (Å²) in [7, 11) is 0. The van der Waals surface area contributed by atoms with Gasteiger partial charge in [0, 0.05) is 17.2 Å². The Kier molecular flexibility index (Phi) is 8.16. The van der Waals surface area contributed by atoms with Gasteiger partial charge in [0.15, 0.2) is 0 Å². The fourth-order valence-electron chi connectivity index (χ4n) is 4.12. The zero-order valence-electron chi connectivity index (χ0n) is 21.0. The summed E-state index contributed by atoms with van der Waals surface area (Å²) in [5.41, 5.74) is 5.50. The number of ether oxygens (including phenoxy) is 2. The van der Waals surface area contributed by atoms with Crippen molar-refractivity contribution in [3.05, 3.63) is 156 Å². The second-order valence-electron chi connectivity index (χ2n) is 8.87. The Labute approximate surface area is 224 Å². The molecule has 0 aliphatic carbocycles. The van der Waals surface area contributed by atoms with Crippen LogP contribution in [0.15, 0.2) is 133 Å². The number of aliphatic hydroxyl groups excluding tert-OH is 1. The molecule has 186 valence electrons. The minimum Gasteiger partial charge on any atom is -0.489 e. The highest BCUT2D eigenvalue weighted by Gasteiger charge is 2.14. The van der Waals surface area contributed by atoms with E-state index in [0.29, 0.717) is 24.7 Å². The van der Waals surface area contributed by atoms with Crippen LogP contribution in [0.5, 0.6) is 11.5 Å². The first-order chi connectivity index (χ1) is 18.7. The second-order valence-corrected chi connectivity index (χ2v) is 8.87. The van der Waals surface area contributed by atoms with Crippen molar-refractivity contribution in [3.63, 3.8) is 0 Å². The van der Waals surface area contributed by atoms with Crippen molar-refractivity contribution in [1.82, 2.24) is 0 Å². The number of hydrogen-bond acceptors (Lipinski definition) is 3. The summed E-state index contributed by atoms with van der Waals surface area (Å²) >= 11 is 0. The molecule has 5 aromatic carbocycles. The van der Waals surface area contributed by atoms with Gasteiger partial charge in [0.05, 0.1) is 0 Å². The molecule has 3 heteroatoms. The van der Waals surface area contributed by atoms with Gasteiger partial charge in [-0.25, -0.2) is 0 Å². The average molecular weight is 497 g/mol. The summed E-state index contributed by atoms with van der Waals surface area (Å²) in [5.74, 6) is 7.44. The van der Waals surface area contributed by atoms with Gasteiger partial charge in [-0.05, 0) is 46.5 Å². The number of aliphatic hydroxyl groups is 1. The van der Waals surface area contributed by atoms with Crippen LogP contribution in [0.3, 0.4) is 0 Å². The highest BCUT2D eigenvalue weighted by atomic mass is 16.5. The predicted molar refractivity (Wildman–Crippen MR) is 152 cm³/mol. The Morgan fingerprint density at radius 3 is 1.66 bits per heavy atom. The van der Waals surface area contributed by atoms with Gasteiger partial charge in [0.2, 0.25) is 0 Å². The molecule has 0 aromatic heterocycles. The van der Waals surface area contributed by atoms with Crippen molar-refractivity contribution in [2.24, 2.45) is 0 Å². The third kappa shape index (κ3) is 6.70. The third-order valence-corrected chi connectivity index (χ3v) is 6.07. The van der Waals surface area contributed by atoms with E-state index in [9.17, 15) is 5.11 Å². The van der Waals surface area contributed by atoms with Crippen LogP contribution in [0.25, 0.3) is 11.1 Å². The fourth-order valence-corrected chi connectivity index (χ4v) is 4.12. The third-order valence-electron chi connectivity index (χ3n) is 6.07. The summed E-state index contributed by atoms with van der Waals surface area (Å²) in [6, 6.07) is 43.4. The van der Waals surface area contributed by atoms with Crippen molar-refractivity contribution in [2.75, 3.05) is 0 Å². The van der Waals surface area contributed by atoms with Crippen LogP contribution in [-0.2, 0) is 13.2 Å². The summed E-state index contributed by atoms with van der Waals surface area (Å²) in [5, 5.41) is 11.0. The maximum Gasteiger partial charge on any atom is 0.141 e. The van der Waals surface area contributed by atoms with Crippen molar-refractivity contribution in [2.45, 2.75) is 19.3 Å². The molecule has 1 unspecified atom stereocenters. The maximum absolute atomic E-state index is 11.0. The molecule has 0 aliphatic rings. The normalized spacial score (nSPS) is 11.2.